The number of ether oxygens (including phenoxy) is 1. The van der Waals surface area contributed by atoms with Gasteiger partial charge < -0.3 is 9.64 Å². The number of aromatic nitrogens is 3. The molecule has 0 radical (unpaired) electrons. The summed E-state index contributed by atoms with van der Waals surface area (Å²) in [4.78, 5) is 14.7. The highest BCUT2D eigenvalue weighted by atomic mass is 32.2. The predicted octanol–water partition coefficient (Wildman–Crippen LogP) is 4.57. The van der Waals surface area contributed by atoms with Crippen molar-refractivity contribution in [2.45, 2.75) is 30.6 Å². The van der Waals surface area contributed by atoms with Crippen LogP contribution in [0, 0.1) is 5.82 Å². The summed E-state index contributed by atoms with van der Waals surface area (Å²) in [6.45, 7) is 5.53. The molecule has 4 rings (SSSR count). The van der Waals surface area contributed by atoms with Gasteiger partial charge in [-0.25, -0.2) is 4.39 Å². The van der Waals surface area contributed by atoms with Gasteiger partial charge in [0.2, 0.25) is 5.91 Å². The van der Waals surface area contributed by atoms with Crippen LogP contribution in [0.15, 0.2) is 72.4 Å². The number of nitrogens with zero attached hydrogens (tertiary/aromatic N) is 4. The van der Waals surface area contributed by atoms with E-state index in [-0.39, 0.29) is 23.6 Å². The van der Waals surface area contributed by atoms with E-state index in [1.807, 2.05) is 34.9 Å². The van der Waals surface area contributed by atoms with Crippen LogP contribution < -0.4 is 4.90 Å². The molecule has 1 unspecified atom stereocenters. The molecule has 2 heterocycles. The van der Waals surface area contributed by atoms with Crippen molar-refractivity contribution in [3.63, 3.8) is 0 Å². The number of rotatable bonds is 9. The molecular formula is C24H25FN4O2S. The monoisotopic (exact) mass is 452 g/mol. The molecule has 0 spiro atoms. The van der Waals surface area contributed by atoms with Gasteiger partial charge in [-0.1, -0.05) is 36.0 Å². The van der Waals surface area contributed by atoms with Gasteiger partial charge in [-0.05, 0) is 49.2 Å². The van der Waals surface area contributed by atoms with Gasteiger partial charge in [-0.2, -0.15) is 0 Å². The highest BCUT2D eigenvalue weighted by Crippen LogP contribution is 2.27. The molecule has 1 atom stereocenters. The Hall–Kier alpha value is -2.97. The summed E-state index contributed by atoms with van der Waals surface area (Å²) in [5.74, 6) is 0.496. The average molecular weight is 453 g/mol. The van der Waals surface area contributed by atoms with Crippen molar-refractivity contribution >= 4 is 23.4 Å². The standard InChI is InChI=1S/C24H25FN4O2S/c1-2-14-28(20-7-4-3-5-8-20)22(30)17-32-24-27-26-23(18-10-12-19(25)13-11-18)29(24)16-21-9-6-15-31-21/h2-5,7-8,10-13,21H,1,6,9,14-17H2. The van der Waals surface area contributed by atoms with Gasteiger partial charge in [0, 0.05) is 24.4 Å². The Morgan fingerprint density at radius 2 is 2.00 bits per heavy atom. The topological polar surface area (TPSA) is 60.2 Å². The van der Waals surface area contributed by atoms with Crippen molar-refractivity contribution in [1.29, 1.82) is 0 Å². The van der Waals surface area contributed by atoms with E-state index in [1.165, 1.54) is 23.9 Å². The Morgan fingerprint density at radius 3 is 2.69 bits per heavy atom. The molecule has 0 saturated carbocycles. The molecule has 1 aliphatic heterocycles. The van der Waals surface area contributed by atoms with Gasteiger partial charge in [0.05, 0.1) is 18.4 Å². The lowest BCUT2D eigenvalue weighted by Gasteiger charge is -2.21. The van der Waals surface area contributed by atoms with Crippen LogP contribution in [0.2, 0.25) is 0 Å². The Morgan fingerprint density at radius 1 is 1.22 bits per heavy atom. The Bertz CT molecular complexity index is 1050. The summed E-state index contributed by atoms with van der Waals surface area (Å²) in [6, 6.07) is 15.7. The highest BCUT2D eigenvalue weighted by Gasteiger charge is 2.23. The SMILES string of the molecule is C=CCN(C(=O)CSc1nnc(-c2ccc(F)cc2)n1CC1CCCO1)c1ccccc1. The Balaban J connectivity index is 1.55. The Kier molecular flexibility index (Phi) is 7.34. The highest BCUT2D eigenvalue weighted by molar-refractivity contribution is 7.99. The number of halogens is 1. The Labute approximate surface area is 191 Å². The van der Waals surface area contributed by atoms with Crippen molar-refractivity contribution in [2.24, 2.45) is 0 Å². The van der Waals surface area contributed by atoms with Gasteiger partial charge in [0.1, 0.15) is 5.82 Å². The summed E-state index contributed by atoms with van der Waals surface area (Å²) >= 11 is 1.34. The first-order valence-corrected chi connectivity index (χ1v) is 11.5. The van der Waals surface area contributed by atoms with Crippen LogP contribution in [0.4, 0.5) is 10.1 Å². The number of para-hydroxylation sites is 1. The predicted molar refractivity (Wildman–Crippen MR) is 124 cm³/mol. The van der Waals surface area contributed by atoms with Gasteiger partial charge in [0.25, 0.3) is 0 Å². The maximum absolute atomic E-state index is 13.4. The third kappa shape index (κ3) is 5.26. The number of anilines is 1. The minimum Gasteiger partial charge on any atom is -0.376 e. The average Bonchev–Trinajstić information content (AvgIpc) is 3.47. The van der Waals surface area contributed by atoms with Crippen LogP contribution in [0.5, 0.6) is 0 Å². The molecule has 0 bridgehead atoms. The number of thioether (sulfide) groups is 1. The van der Waals surface area contributed by atoms with Gasteiger partial charge in [0.15, 0.2) is 11.0 Å². The smallest absolute Gasteiger partial charge is 0.237 e. The number of amides is 1. The minimum absolute atomic E-state index is 0.0453. The fourth-order valence-corrected chi connectivity index (χ4v) is 4.48. The summed E-state index contributed by atoms with van der Waals surface area (Å²) in [7, 11) is 0. The maximum atomic E-state index is 13.4. The van der Waals surface area contributed by atoms with E-state index in [9.17, 15) is 9.18 Å². The number of benzene rings is 2. The molecule has 1 saturated heterocycles. The summed E-state index contributed by atoms with van der Waals surface area (Å²) in [5.41, 5.74) is 1.60. The van der Waals surface area contributed by atoms with Crippen molar-refractivity contribution < 1.29 is 13.9 Å². The first-order valence-electron chi connectivity index (χ1n) is 10.6. The molecule has 0 N–H and O–H groups in total. The fraction of sp³-hybridized carbons (Fsp3) is 0.292. The number of carbonyl (C=O) groups excluding carboxylic acids is 1. The lowest BCUT2D eigenvalue weighted by molar-refractivity contribution is -0.116. The van der Waals surface area contributed by atoms with Crippen molar-refractivity contribution in [1.82, 2.24) is 14.8 Å². The van der Waals surface area contributed by atoms with Crippen LogP contribution in [0.1, 0.15) is 12.8 Å². The molecule has 2 aromatic carbocycles. The third-order valence-electron chi connectivity index (χ3n) is 5.23. The summed E-state index contributed by atoms with van der Waals surface area (Å²) in [6.07, 6.45) is 3.77. The normalized spacial score (nSPS) is 15.6. The molecule has 166 valence electrons. The van der Waals surface area contributed by atoms with Crippen LogP contribution in [0.3, 0.4) is 0 Å². The first kappa shape index (κ1) is 22.2. The van der Waals surface area contributed by atoms with Crippen molar-refractivity contribution in [3.8, 4) is 11.4 Å². The van der Waals surface area contributed by atoms with Gasteiger partial charge in [-0.3, -0.25) is 9.36 Å². The number of hydrogen-bond donors (Lipinski definition) is 0. The summed E-state index contributed by atoms with van der Waals surface area (Å²) in [5, 5.41) is 9.33. The molecule has 1 amide bonds. The van der Waals surface area contributed by atoms with Crippen LogP contribution >= 0.6 is 11.8 Å². The molecule has 1 fully saturated rings. The van der Waals surface area contributed by atoms with E-state index >= 15 is 0 Å². The van der Waals surface area contributed by atoms with Crippen LogP contribution in [-0.2, 0) is 16.1 Å². The van der Waals surface area contributed by atoms with E-state index in [0.717, 1.165) is 30.7 Å². The van der Waals surface area contributed by atoms with E-state index in [0.29, 0.717) is 24.1 Å². The maximum Gasteiger partial charge on any atom is 0.237 e. The van der Waals surface area contributed by atoms with E-state index in [1.54, 1.807) is 23.1 Å². The second-order valence-corrected chi connectivity index (χ2v) is 8.42. The second-order valence-electron chi connectivity index (χ2n) is 7.48. The minimum atomic E-state index is -0.303. The number of hydrogen-bond acceptors (Lipinski definition) is 5. The van der Waals surface area contributed by atoms with E-state index < -0.39 is 0 Å². The summed E-state index contributed by atoms with van der Waals surface area (Å²) < 4.78 is 21.2. The fourth-order valence-electron chi connectivity index (χ4n) is 3.66. The lowest BCUT2D eigenvalue weighted by atomic mass is 10.2. The lowest BCUT2D eigenvalue weighted by Crippen LogP contribution is -2.32. The van der Waals surface area contributed by atoms with Crippen LogP contribution in [-0.4, -0.2) is 45.7 Å². The number of carbonyl (C=O) groups is 1. The molecule has 3 aromatic rings. The first-order chi connectivity index (χ1) is 15.7. The molecule has 8 heteroatoms. The van der Waals surface area contributed by atoms with Crippen molar-refractivity contribution in [2.75, 3.05) is 23.8 Å². The van der Waals surface area contributed by atoms with Crippen molar-refractivity contribution in [3.05, 3.63) is 73.1 Å². The zero-order valence-electron chi connectivity index (χ0n) is 17.7. The second kappa shape index (κ2) is 10.6. The molecule has 1 aromatic heterocycles. The third-order valence-corrected chi connectivity index (χ3v) is 6.19. The molecular weight excluding hydrogens is 427 g/mol. The van der Waals surface area contributed by atoms with E-state index in [2.05, 4.69) is 16.8 Å². The zero-order chi connectivity index (χ0) is 22.3. The van der Waals surface area contributed by atoms with Gasteiger partial charge >= 0.3 is 0 Å². The van der Waals surface area contributed by atoms with Crippen LogP contribution in [0.25, 0.3) is 11.4 Å². The quantitative estimate of drug-likeness (QED) is 0.351. The zero-order valence-corrected chi connectivity index (χ0v) is 18.5. The molecule has 1 aliphatic rings. The molecule has 6 nitrogen and oxygen atoms in total. The van der Waals surface area contributed by atoms with Gasteiger partial charge in [-0.15, -0.1) is 16.8 Å². The largest absolute Gasteiger partial charge is 0.376 e. The molecule has 32 heavy (non-hydrogen) atoms. The van der Waals surface area contributed by atoms with E-state index in [4.69, 9.17) is 4.74 Å². The molecule has 0 aliphatic carbocycles.